The van der Waals surface area contributed by atoms with Gasteiger partial charge in [-0.25, -0.2) is 4.39 Å². The average molecular weight is 212 g/mol. The molecule has 0 unspecified atom stereocenters. The van der Waals surface area contributed by atoms with E-state index in [0.717, 1.165) is 0 Å². The Bertz CT molecular complexity index is 374. The molecule has 0 radical (unpaired) electrons. The maximum atomic E-state index is 13.2. The van der Waals surface area contributed by atoms with Gasteiger partial charge in [0.1, 0.15) is 11.6 Å². The van der Waals surface area contributed by atoms with Crippen LogP contribution in [0.3, 0.4) is 0 Å². The van der Waals surface area contributed by atoms with Crippen LogP contribution in [0, 0.1) is 12.7 Å². The van der Waals surface area contributed by atoms with Crippen LogP contribution >= 0.6 is 0 Å². The number of carboxylic acid groups (broad SMARTS) is 1. The topological polar surface area (TPSA) is 46.5 Å². The second kappa shape index (κ2) is 4.77. The van der Waals surface area contributed by atoms with Crippen LogP contribution in [0.5, 0.6) is 5.75 Å². The average Bonchev–Trinajstić information content (AvgIpc) is 2.20. The maximum Gasteiger partial charge on any atom is 0.303 e. The van der Waals surface area contributed by atoms with Crippen molar-refractivity contribution in [3.8, 4) is 5.75 Å². The molecule has 0 saturated carbocycles. The third kappa shape index (κ3) is 2.68. The molecule has 82 valence electrons. The van der Waals surface area contributed by atoms with Gasteiger partial charge in [-0.2, -0.15) is 0 Å². The Morgan fingerprint density at radius 3 is 2.73 bits per heavy atom. The lowest BCUT2D eigenvalue weighted by atomic mass is 10.0. The molecule has 0 aliphatic carbocycles. The molecule has 0 saturated heterocycles. The van der Waals surface area contributed by atoms with Crippen LogP contribution in [-0.2, 0) is 11.2 Å². The Labute approximate surface area is 87.5 Å². The van der Waals surface area contributed by atoms with Gasteiger partial charge in [-0.1, -0.05) is 0 Å². The molecule has 15 heavy (non-hydrogen) atoms. The highest BCUT2D eigenvalue weighted by atomic mass is 19.1. The Balaban J connectivity index is 3.01. The van der Waals surface area contributed by atoms with E-state index in [9.17, 15) is 9.18 Å². The number of ether oxygens (including phenoxy) is 1. The van der Waals surface area contributed by atoms with Gasteiger partial charge in [0.15, 0.2) is 0 Å². The molecule has 0 heterocycles. The summed E-state index contributed by atoms with van der Waals surface area (Å²) in [5.41, 5.74) is 1.08. The molecular formula is C11H13FO3. The summed E-state index contributed by atoms with van der Waals surface area (Å²) in [5, 5.41) is 8.56. The van der Waals surface area contributed by atoms with Gasteiger partial charge in [-0.3, -0.25) is 4.79 Å². The first kappa shape index (κ1) is 11.5. The summed E-state index contributed by atoms with van der Waals surface area (Å²) in [6, 6.07) is 2.83. The van der Waals surface area contributed by atoms with Crippen LogP contribution in [0.15, 0.2) is 12.1 Å². The molecule has 1 aromatic rings. The first-order chi connectivity index (χ1) is 7.06. The zero-order valence-electron chi connectivity index (χ0n) is 8.71. The zero-order chi connectivity index (χ0) is 11.4. The fraction of sp³-hybridized carbons (Fsp3) is 0.364. The smallest absolute Gasteiger partial charge is 0.303 e. The normalized spacial score (nSPS) is 10.1. The van der Waals surface area contributed by atoms with Crippen molar-refractivity contribution in [1.82, 2.24) is 0 Å². The van der Waals surface area contributed by atoms with Crippen molar-refractivity contribution in [3.05, 3.63) is 29.1 Å². The van der Waals surface area contributed by atoms with Gasteiger partial charge in [0.05, 0.1) is 7.11 Å². The van der Waals surface area contributed by atoms with Crippen LogP contribution in [-0.4, -0.2) is 18.2 Å². The molecule has 0 bridgehead atoms. The van der Waals surface area contributed by atoms with Gasteiger partial charge in [0, 0.05) is 12.0 Å². The third-order valence-electron chi connectivity index (χ3n) is 2.30. The van der Waals surface area contributed by atoms with E-state index in [1.807, 2.05) is 0 Å². The maximum absolute atomic E-state index is 13.2. The van der Waals surface area contributed by atoms with Crippen molar-refractivity contribution in [1.29, 1.82) is 0 Å². The summed E-state index contributed by atoms with van der Waals surface area (Å²) in [5.74, 6) is -0.702. The van der Waals surface area contributed by atoms with Gasteiger partial charge in [0.2, 0.25) is 0 Å². The summed E-state index contributed by atoms with van der Waals surface area (Å²) >= 11 is 0. The summed E-state index contributed by atoms with van der Waals surface area (Å²) in [6.07, 6.45) is 0.253. The first-order valence-corrected chi connectivity index (χ1v) is 4.60. The van der Waals surface area contributed by atoms with Gasteiger partial charge in [0.25, 0.3) is 0 Å². The van der Waals surface area contributed by atoms with Crippen molar-refractivity contribution in [3.63, 3.8) is 0 Å². The molecule has 0 aliphatic heterocycles. The zero-order valence-corrected chi connectivity index (χ0v) is 8.71. The Morgan fingerprint density at radius 1 is 1.53 bits per heavy atom. The summed E-state index contributed by atoms with van der Waals surface area (Å²) in [4.78, 5) is 10.4. The summed E-state index contributed by atoms with van der Waals surface area (Å²) < 4.78 is 18.3. The van der Waals surface area contributed by atoms with E-state index in [2.05, 4.69) is 0 Å². The second-order valence-corrected chi connectivity index (χ2v) is 3.25. The highest BCUT2D eigenvalue weighted by Crippen LogP contribution is 2.25. The minimum atomic E-state index is -0.902. The largest absolute Gasteiger partial charge is 0.496 e. The van der Waals surface area contributed by atoms with E-state index in [-0.39, 0.29) is 18.7 Å². The summed E-state index contributed by atoms with van der Waals surface area (Å²) in [6.45, 7) is 1.62. The molecule has 0 amide bonds. The number of carboxylic acids is 1. The number of benzene rings is 1. The molecule has 0 atom stereocenters. The van der Waals surface area contributed by atoms with Crippen LogP contribution in [0.4, 0.5) is 4.39 Å². The number of aliphatic carboxylic acids is 1. The van der Waals surface area contributed by atoms with E-state index < -0.39 is 5.97 Å². The summed E-state index contributed by atoms with van der Waals surface area (Å²) in [7, 11) is 1.48. The van der Waals surface area contributed by atoms with Crippen molar-refractivity contribution in [2.24, 2.45) is 0 Å². The molecular weight excluding hydrogens is 199 g/mol. The second-order valence-electron chi connectivity index (χ2n) is 3.25. The van der Waals surface area contributed by atoms with Crippen LogP contribution in [0.1, 0.15) is 17.5 Å². The highest BCUT2D eigenvalue weighted by Gasteiger charge is 2.11. The van der Waals surface area contributed by atoms with Crippen molar-refractivity contribution >= 4 is 5.97 Å². The van der Waals surface area contributed by atoms with Crippen LogP contribution < -0.4 is 4.74 Å². The molecule has 1 rings (SSSR count). The third-order valence-corrected chi connectivity index (χ3v) is 2.30. The minimum absolute atomic E-state index is 0.0271. The lowest BCUT2D eigenvalue weighted by molar-refractivity contribution is -0.136. The molecule has 0 fully saturated rings. The van der Waals surface area contributed by atoms with E-state index in [0.29, 0.717) is 16.9 Å². The fourth-order valence-corrected chi connectivity index (χ4v) is 1.44. The number of hydrogen-bond acceptors (Lipinski definition) is 2. The Hall–Kier alpha value is -1.58. The Morgan fingerprint density at radius 2 is 2.20 bits per heavy atom. The number of rotatable bonds is 4. The van der Waals surface area contributed by atoms with Crippen LogP contribution in [0.2, 0.25) is 0 Å². The molecule has 0 aliphatic rings. The lowest BCUT2D eigenvalue weighted by Crippen LogP contribution is -2.02. The highest BCUT2D eigenvalue weighted by molar-refractivity contribution is 5.67. The van der Waals surface area contributed by atoms with Crippen molar-refractivity contribution < 1.29 is 19.0 Å². The van der Waals surface area contributed by atoms with Crippen molar-refractivity contribution in [2.75, 3.05) is 7.11 Å². The monoisotopic (exact) mass is 212 g/mol. The standard InChI is InChI=1S/C11H13FO3/c1-7-8(3-6-11(13)14)10(15-2)5-4-9(7)12/h4-5H,3,6H2,1-2H3,(H,13,14). The number of hydrogen-bond donors (Lipinski definition) is 1. The minimum Gasteiger partial charge on any atom is -0.496 e. The predicted molar refractivity (Wildman–Crippen MR) is 53.6 cm³/mol. The van der Waals surface area contributed by atoms with Crippen LogP contribution in [0.25, 0.3) is 0 Å². The molecule has 1 N–H and O–H groups in total. The van der Waals surface area contributed by atoms with Gasteiger partial charge in [-0.15, -0.1) is 0 Å². The number of carbonyl (C=O) groups is 1. The van der Waals surface area contributed by atoms with Crippen molar-refractivity contribution in [2.45, 2.75) is 19.8 Å². The molecule has 0 spiro atoms. The van der Waals surface area contributed by atoms with E-state index in [4.69, 9.17) is 9.84 Å². The quantitative estimate of drug-likeness (QED) is 0.831. The lowest BCUT2D eigenvalue weighted by Gasteiger charge is -2.11. The van der Waals surface area contributed by atoms with E-state index in [1.165, 1.54) is 19.2 Å². The predicted octanol–water partition coefficient (Wildman–Crippen LogP) is 2.16. The van der Waals surface area contributed by atoms with E-state index >= 15 is 0 Å². The number of methoxy groups -OCH3 is 1. The van der Waals surface area contributed by atoms with Gasteiger partial charge < -0.3 is 9.84 Å². The molecule has 0 aromatic heterocycles. The SMILES string of the molecule is COc1ccc(F)c(C)c1CCC(=O)O. The Kier molecular flexibility index (Phi) is 3.66. The molecule has 3 nitrogen and oxygen atoms in total. The van der Waals surface area contributed by atoms with E-state index in [1.54, 1.807) is 6.92 Å². The number of halogens is 1. The van der Waals surface area contributed by atoms with Gasteiger partial charge >= 0.3 is 5.97 Å². The van der Waals surface area contributed by atoms with Gasteiger partial charge in [-0.05, 0) is 31.0 Å². The molecule has 1 aromatic carbocycles. The first-order valence-electron chi connectivity index (χ1n) is 4.60. The fourth-order valence-electron chi connectivity index (χ4n) is 1.44. The molecule has 4 heteroatoms.